The Morgan fingerprint density at radius 3 is 2.44 bits per heavy atom. The Bertz CT molecular complexity index is 900. The van der Waals surface area contributed by atoms with E-state index in [0.29, 0.717) is 10.7 Å². The third-order valence-corrected chi connectivity index (χ3v) is 4.18. The largest absolute Gasteiger partial charge is 0.320 e. The number of carbonyl (C=O) groups excluding carboxylic acids is 1. The number of rotatable bonds is 4. The van der Waals surface area contributed by atoms with Crippen LogP contribution in [-0.2, 0) is 0 Å². The van der Waals surface area contributed by atoms with Crippen molar-refractivity contribution in [1.82, 2.24) is 15.0 Å². The molecule has 5 nitrogen and oxygen atoms in total. The molecule has 0 spiro atoms. The molecule has 0 unspecified atom stereocenters. The highest BCUT2D eigenvalue weighted by Crippen LogP contribution is 2.24. The smallest absolute Gasteiger partial charge is 0.278 e. The van der Waals surface area contributed by atoms with Gasteiger partial charge in [0, 0.05) is 10.7 Å². The molecule has 0 bridgehead atoms. The van der Waals surface area contributed by atoms with Gasteiger partial charge in [0.2, 0.25) is 0 Å². The summed E-state index contributed by atoms with van der Waals surface area (Å²) in [5, 5.41) is 11.9. The van der Waals surface area contributed by atoms with Gasteiger partial charge in [-0.15, -0.1) is 5.10 Å². The average molecular weight is 355 g/mol. The first kappa shape index (κ1) is 17.2. The van der Waals surface area contributed by atoms with Crippen molar-refractivity contribution in [3.63, 3.8) is 0 Å². The van der Waals surface area contributed by atoms with Crippen molar-refractivity contribution in [2.24, 2.45) is 0 Å². The second-order valence-electron chi connectivity index (χ2n) is 6.14. The Labute approximate surface area is 151 Å². The van der Waals surface area contributed by atoms with Crippen LogP contribution in [0.1, 0.15) is 41.5 Å². The van der Waals surface area contributed by atoms with Crippen molar-refractivity contribution in [1.29, 1.82) is 0 Å². The van der Waals surface area contributed by atoms with E-state index in [1.165, 1.54) is 0 Å². The lowest BCUT2D eigenvalue weighted by atomic mass is 10.1. The van der Waals surface area contributed by atoms with Crippen molar-refractivity contribution in [3.8, 4) is 5.69 Å². The molecule has 1 N–H and O–H groups in total. The highest BCUT2D eigenvalue weighted by molar-refractivity contribution is 6.30. The summed E-state index contributed by atoms with van der Waals surface area (Å²) in [6, 6.07) is 14.9. The van der Waals surface area contributed by atoms with Gasteiger partial charge in [-0.3, -0.25) is 4.79 Å². The van der Waals surface area contributed by atoms with E-state index in [2.05, 4.69) is 15.6 Å². The number of aromatic nitrogens is 3. The molecule has 1 aromatic heterocycles. The lowest BCUT2D eigenvalue weighted by Gasteiger charge is -2.12. The van der Waals surface area contributed by atoms with E-state index in [1.807, 2.05) is 57.2 Å². The molecule has 0 aliphatic carbocycles. The standard InChI is InChI=1S/C19H19ClN4O/c1-12(2)18-17(19(25)21-16-7-5-4-6-13(16)3)22-23-24(18)15-10-8-14(20)9-11-15/h4-12H,1-3H3,(H,21,25). The van der Waals surface area contributed by atoms with Gasteiger partial charge in [-0.05, 0) is 48.7 Å². The van der Waals surface area contributed by atoms with Crippen LogP contribution in [0.25, 0.3) is 5.69 Å². The zero-order valence-corrected chi connectivity index (χ0v) is 15.1. The molecule has 3 rings (SSSR count). The quantitative estimate of drug-likeness (QED) is 0.744. The van der Waals surface area contributed by atoms with Crippen LogP contribution in [-0.4, -0.2) is 20.9 Å². The minimum absolute atomic E-state index is 0.0725. The second kappa shape index (κ2) is 7.07. The fourth-order valence-electron chi connectivity index (χ4n) is 2.64. The first-order valence-electron chi connectivity index (χ1n) is 8.06. The Morgan fingerprint density at radius 2 is 1.80 bits per heavy atom. The summed E-state index contributed by atoms with van der Waals surface area (Å²) in [6.45, 7) is 5.97. The number of carbonyl (C=O) groups is 1. The van der Waals surface area contributed by atoms with E-state index in [9.17, 15) is 4.79 Å². The van der Waals surface area contributed by atoms with Crippen molar-refractivity contribution in [2.45, 2.75) is 26.7 Å². The maximum absolute atomic E-state index is 12.7. The monoisotopic (exact) mass is 354 g/mol. The van der Waals surface area contributed by atoms with Crippen LogP contribution in [0.2, 0.25) is 5.02 Å². The van der Waals surface area contributed by atoms with Crippen LogP contribution in [0.5, 0.6) is 0 Å². The topological polar surface area (TPSA) is 59.8 Å². The number of hydrogen-bond acceptors (Lipinski definition) is 3. The van der Waals surface area contributed by atoms with E-state index in [-0.39, 0.29) is 11.8 Å². The van der Waals surface area contributed by atoms with Crippen molar-refractivity contribution in [2.75, 3.05) is 5.32 Å². The van der Waals surface area contributed by atoms with Crippen LogP contribution in [0.3, 0.4) is 0 Å². The van der Waals surface area contributed by atoms with Gasteiger partial charge in [0.05, 0.1) is 11.4 Å². The van der Waals surface area contributed by atoms with Crippen molar-refractivity contribution < 1.29 is 4.79 Å². The summed E-state index contributed by atoms with van der Waals surface area (Å²) in [4.78, 5) is 12.7. The number of halogens is 1. The molecule has 0 atom stereocenters. The summed E-state index contributed by atoms with van der Waals surface area (Å²) in [7, 11) is 0. The lowest BCUT2D eigenvalue weighted by molar-refractivity contribution is 0.102. The first-order valence-corrected chi connectivity index (χ1v) is 8.43. The summed E-state index contributed by atoms with van der Waals surface area (Å²) >= 11 is 5.95. The lowest BCUT2D eigenvalue weighted by Crippen LogP contribution is -2.16. The van der Waals surface area contributed by atoms with Gasteiger partial charge in [0.15, 0.2) is 5.69 Å². The molecule has 0 saturated carbocycles. The third-order valence-electron chi connectivity index (χ3n) is 3.93. The third kappa shape index (κ3) is 3.56. The van der Waals surface area contributed by atoms with Gasteiger partial charge in [-0.25, -0.2) is 4.68 Å². The summed E-state index contributed by atoms with van der Waals surface area (Å²) in [6.07, 6.45) is 0. The molecule has 0 saturated heterocycles. The summed E-state index contributed by atoms with van der Waals surface area (Å²) < 4.78 is 1.69. The molecular weight excluding hydrogens is 336 g/mol. The fraction of sp³-hybridized carbons (Fsp3) is 0.211. The van der Waals surface area contributed by atoms with Gasteiger partial charge in [0.25, 0.3) is 5.91 Å². The van der Waals surface area contributed by atoms with E-state index in [4.69, 9.17) is 11.6 Å². The average Bonchev–Trinajstić information content (AvgIpc) is 3.03. The van der Waals surface area contributed by atoms with E-state index >= 15 is 0 Å². The summed E-state index contributed by atoms with van der Waals surface area (Å²) in [5.74, 6) is -0.193. The Balaban J connectivity index is 1.98. The van der Waals surface area contributed by atoms with Gasteiger partial charge in [0.1, 0.15) is 0 Å². The normalized spacial score (nSPS) is 10.9. The molecule has 6 heteroatoms. The minimum atomic E-state index is -0.266. The second-order valence-corrected chi connectivity index (χ2v) is 6.57. The predicted molar refractivity (Wildman–Crippen MR) is 99.6 cm³/mol. The number of anilines is 1. The molecule has 0 fully saturated rings. The maximum atomic E-state index is 12.7. The molecule has 0 aliphatic heterocycles. The van der Waals surface area contributed by atoms with Crippen LogP contribution >= 0.6 is 11.6 Å². The number of nitrogens with zero attached hydrogens (tertiary/aromatic N) is 3. The molecule has 128 valence electrons. The molecule has 1 heterocycles. The first-order chi connectivity index (χ1) is 12.0. The molecule has 1 amide bonds. The Kier molecular flexibility index (Phi) is 4.86. The van der Waals surface area contributed by atoms with Crippen molar-refractivity contribution in [3.05, 3.63) is 70.5 Å². The number of amides is 1. The molecule has 2 aromatic carbocycles. The van der Waals surface area contributed by atoms with E-state index in [1.54, 1.807) is 16.8 Å². The highest BCUT2D eigenvalue weighted by Gasteiger charge is 2.23. The van der Waals surface area contributed by atoms with Crippen LogP contribution < -0.4 is 5.32 Å². The molecule has 0 radical (unpaired) electrons. The number of hydrogen-bond donors (Lipinski definition) is 1. The molecular formula is C19H19ClN4O. The van der Waals surface area contributed by atoms with Crippen LogP contribution in [0.15, 0.2) is 48.5 Å². The van der Waals surface area contributed by atoms with Crippen molar-refractivity contribution >= 4 is 23.2 Å². The van der Waals surface area contributed by atoms with E-state index < -0.39 is 0 Å². The zero-order valence-electron chi connectivity index (χ0n) is 14.3. The molecule has 3 aromatic rings. The zero-order chi connectivity index (χ0) is 18.0. The fourth-order valence-corrected chi connectivity index (χ4v) is 2.76. The van der Waals surface area contributed by atoms with Gasteiger partial charge in [-0.1, -0.05) is 48.9 Å². The van der Waals surface area contributed by atoms with Crippen LogP contribution in [0.4, 0.5) is 5.69 Å². The molecule has 25 heavy (non-hydrogen) atoms. The molecule has 0 aliphatic rings. The SMILES string of the molecule is Cc1ccccc1NC(=O)c1nnn(-c2ccc(Cl)cc2)c1C(C)C. The van der Waals surface area contributed by atoms with Crippen LogP contribution in [0, 0.1) is 6.92 Å². The summed E-state index contributed by atoms with van der Waals surface area (Å²) in [5.41, 5.74) is 3.66. The number of para-hydroxylation sites is 1. The maximum Gasteiger partial charge on any atom is 0.278 e. The predicted octanol–water partition coefficient (Wildman–Crippen LogP) is 4.60. The van der Waals surface area contributed by atoms with E-state index in [0.717, 1.165) is 22.6 Å². The Hall–Kier alpha value is -2.66. The van der Waals surface area contributed by atoms with Gasteiger partial charge >= 0.3 is 0 Å². The highest BCUT2D eigenvalue weighted by atomic mass is 35.5. The van der Waals surface area contributed by atoms with Gasteiger partial charge < -0.3 is 5.32 Å². The number of nitrogens with one attached hydrogen (secondary N) is 1. The number of benzene rings is 2. The number of aryl methyl sites for hydroxylation is 1. The van der Waals surface area contributed by atoms with Gasteiger partial charge in [-0.2, -0.15) is 0 Å². The Morgan fingerprint density at radius 1 is 1.12 bits per heavy atom. The minimum Gasteiger partial charge on any atom is -0.320 e.